The molecular formula is C10H6F6N2O2. The van der Waals surface area contributed by atoms with E-state index < -0.39 is 41.7 Å². The standard InChI is InChI=1S/C10H6F6N2O2/c1-19-8-6(9(11,12)13)7(20-10(14,15)16)5(2-3-17)4-18-8/h4H,2H2,1H3. The van der Waals surface area contributed by atoms with Gasteiger partial charge in [0.15, 0.2) is 11.3 Å². The zero-order chi connectivity index (χ0) is 15.6. The van der Waals surface area contributed by atoms with Gasteiger partial charge in [-0.15, -0.1) is 13.2 Å². The highest BCUT2D eigenvalue weighted by molar-refractivity contribution is 5.48. The molecule has 110 valence electrons. The second kappa shape index (κ2) is 5.44. The fraction of sp³-hybridized carbons (Fsp3) is 0.400. The lowest BCUT2D eigenvalue weighted by Gasteiger charge is -2.19. The Bertz CT molecular complexity index is 532. The molecule has 20 heavy (non-hydrogen) atoms. The van der Waals surface area contributed by atoms with Crippen molar-refractivity contribution in [3.63, 3.8) is 0 Å². The molecule has 0 bridgehead atoms. The van der Waals surface area contributed by atoms with E-state index in [0.29, 0.717) is 6.20 Å². The molecule has 0 N–H and O–H groups in total. The van der Waals surface area contributed by atoms with Crippen LogP contribution in [-0.4, -0.2) is 18.5 Å². The van der Waals surface area contributed by atoms with Crippen molar-refractivity contribution in [3.05, 3.63) is 17.3 Å². The Morgan fingerprint density at radius 2 is 1.85 bits per heavy atom. The van der Waals surface area contributed by atoms with Gasteiger partial charge >= 0.3 is 12.5 Å². The Hall–Kier alpha value is -2.18. The van der Waals surface area contributed by atoms with Gasteiger partial charge in [0, 0.05) is 11.8 Å². The van der Waals surface area contributed by atoms with Gasteiger partial charge in [-0.25, -0.2) is 4.98 Å². The average Bonchev–Trinajstić information content (AvgIpc) is 2.27. The molecule has 4 nitrogen and oxygen atoms in total. The van der Waals surface area contributed by atoms with Crippen molar-refractivity contribution < 1.29 is 35.8 Å². The number of nitriles is 1. The number of methoxy groups -OCH3 is 1. The number of rotatable bonds is 3. The number of nitrogens with zero attached hydrogens (tertiary/aromatic N) is 2. The van der Waals surface area contributed by atoms with E-state index in [4.69, 9.17) is 5.26 Å². The highest BCUT2D eigenvalue weighted by Crippen LogP contribution is 2.44. The molecule has 0 saturated heterocycles. The maximum atomic E-state index is 12.8. The van der Waals surface area contributed by atoms with Crippen molar-refractivity contribution in [2.75, 3.05) is 7.11 Å². The lowest BCUT2D eigenvalue weighted by Crippen LogP contribution is -2.22. The molecule has 0 aliphatic carbocycles. The molecule has 0 fully saturated rings. The predicted molar refractivity (Wildman–Crippen MR) is 51.8 cm³/mol. The van der Waals surface area contributed by atoms with Gasteiger partial charge in [0.25, 0.3) is 0 Å². The summed E-state index contributed by atoms with van der Waals surface area (Å²) >= 11 is 0. The molecule has 0 aliphatic rings. The lowest BCUT2D eigenvalue weighted by atomic mass is 10.1. The average molecular weight is 300 g/mol. The Morgan fingerprint density at radius 3 is 2.25 bits per heavy atom. The summed E-state index contributed by atoms with van der Waals surface area (Å²) in [5.74, 6) is -2.60. The van der Waals surface area contributed by atoms with Crippen LogP contribution in [0, 0.1) is 11.3 Å². The molecule has 0 atom stereocenters. The van der Waals surface area contributed by atoms with Crippen LogP contribution in [-0.2, 0) is 12.6 Å². The summed E-state index contributed by atoms with van der Waals surface area (Å²) in [6.45, 7) is 0. The quantitative estimate of drug-likeness (QED) is 0.805. The molecule has 1 aromatic heterocycles. The van der Waals surface area contributed by atoms with Gasteiger partial charge in [-0.2, -0.15) is 18.4 Å². The SMILES string of the molecule is COc1ncc(CC#N)c(OC(F)(F)F)c1C(F)(F)F. The second-order valence-corrected chi connectivity index (χ2v) is 3.38. The van der Waals surface area contributed by atoms with Crippen molar-refractivity contribution >= 4 is 0 Å². The lowest BCUT2D eigenvalue weighted by molar-refractivity contribution is -0.276. The first-order valence-corrected chi connectivity index (χ1v) is 4.86. The summed E-state index contributed by atoms with van der Waals surface area (Å²) in [5, 5.41) is 8.44. The van der Waals surface area contributed by atoms with Gasteiger partial charge in [0.05, 0.1) is 19.6 Å². The molecule has 1 aromatic rings. The first kappa shape index (κ1) is 15.9. The number of ether oxygens (including phenoxy) is 2. The Labute approximate surface area is 108 Å². The van der Waals surface area contributed by atoms with E-state index in [2.05, 4.69) is 14.5 Å². The van der Waals surface area contributed by atoms with E-state index >= 15 is 0 Å². The molecule has 10 heteroatoms. The molecule has 1 rings (SSSR count). The van der Waals surface area contributed by atoms with Crippen LogP contribution in [0.5, 0.6) is 11.6 Å². The summed E-state index contributed by atoms with van der Waals surface area (Å²) in [5.41, 5.74) is -2.46. The number of alkyl halides is 6. The van der Waals surface area contributed by atoms with Gasteiger partial charge in [-0.05, 0) is 0 Å². The van der Waals surface area contributed by atoms with E-state index in [0.717, 1.165) is 7.11 Å². The fourth-order valence-corrected chi connectivity index (χ4v) is 1.37. The van der Waals surface area contributed by atoms with Crippen molar-refractivity contribution in [1.82, 2.24) is 4.98 Å². The third-order valence-electron chi connectivity index (χ3n) is 2.03. The number of pyridine rings is 1. The van der Waals surface area contributed by atoms with Crippen LogP contribution in [0.3, 0.4) is 0 Å². The maximum Gasteiger partial charge on any atom is 0.573 e. The number of hydrogen-bond acceptors (Lipinski definition) is 4. The third kappa shape index (κ3) is 3.66. The van der Waals surface area contributed by atoms with E-state index in [1.165, 1.54) is 6.07 Å². The molecular weight excluding hydrogens is 294 g/mol. The smallest absolute Gasteiger partial charge is 0.480 e. The largest absolute Gasteiger partial charge is 0.573 e. The monoisotopic (exact) mass is 300 g/mol. The maximum absolute atomic E-state index is 12.8. The Morgan fingerprint density at radius 1 is 1.25 bits per heavy atom. The molecule has 0 aromatic carbocycles. The van der Waals surface area contributed by atoms with E-state index in [9.17, 15) is 26.3 Å². The second-order valence-electron chi connectivity index (χ2n) is 3.38. The summed E-state index contributed by atoms with van der Waals surface area (Å²) in [7, 11) is 0.818. The van der Waals surface area contributed by atoms with Crippen LogP contribution in [0.1, 0.15) is 11.1 Å². The van der Waals surface area contributed by atoms with E-state index in [-0.39, 0.29) is 0 Å². The Balaban J connectivity index is 3.57. The topological polar surface area (TPSA) is 55.1 Å². The van der Waals surface area contributed by atoms with Gasteiger partial charge in [-0.3, -0.25) is 0 Å². The van der Waals surface area contributed by atoms with Crippen molar-refractivity contribution in [2.24, 2.45) is 0 Å². The van der Waals surface area contributed by atoms with Crippen LogP contribution in [0.4, 0.5) is 26.3 Å². The highest BCUT2D eigenvalue weighted by atomic mass is 19.4. The zero-order valence-corrected chi connectivity index (χ0v) is 9.76. The number of hydrogen-bond donors (Lipinski definition) is 0. The zero-order valence-electron chi connectivity index (χ0n) is 9.76. The minimum absolute atomic E-state index is 0.641. The van der Waals surface area contributed by atoms with Crippen molar-refractivity contribution in [3.8, 4) is 17.7 Å². The number of halogens is 6. The summed E-state index contributed by atoms with van der Waals surface area (Å²) in [6, 6.07) is 1.43. The minimum Gasteiger partial charge on any atom is -0.480 e. The van der Waals surface area contributed by atoms with Gasteiger partial charge in [0.2, 0.25) is 5.88 Å². The van der Waals surface area contributed by atoms with E-state index in [1.807, 2.05) is 0 Å². The van der Waals surface area contributed by atoms with Crippen LogP contribution in [0.2, 0.25) is 0 Å². The number of aromatic nitrogens is 1. The third-order valence-corrected chi connectivity index (χ3v) is 2.03. The van der Waals surface area contributed by atoms with Crippen molar-refractivity contribution in [2.45, 2.75) is 19.0 Å². The van der Waals surface area contributed by atoms with Crippen LogP contribution in [0.15, 0.2) is 6.20 Å². The summed E-state index contributed by atoms with van der Waals surface area (Å²) < 4.78 is 82.9. The minimum atomic E-state index is -5.35. The molecule has 1 heterocycles. The fourth-order valence-electron chi connectivity index (χ4n) is 1.37. The van der Waals surface area contributed by atoms with Crippen LogP contribution < -0.4 is 9.47 Å². The molecule has 0 aliphatic heterocycles. The first-order chi connectivity index (χ1) is 9.10. The molecule has 0 amide bonds. The molecule has 0 radical (unpaired) electrons. The molecule has 0 saturated carbocycles. The van der Waals surface area contributed by atoms with Gasteiger partial charge in [-0.1, -0.05) is 0 Å². The predicted octanol–water partition coefficient (Wildman–Crippen LogP) is 3.07. The summed E-state index contributed by atoms with van der Waals surface area (Å²) in [4.78, 5) is 3.23. The van der Waals surface area contributed by atoms with Gasteiger partial charge in [0.1, 0.15) is 0 Å². The van der Waals surface area contributed by atoms with E-state index in [1.54, 1.807) is 0 Å². The van der Waals surface area contributed by atoms with Crippen LogP contribution >= 0.6 is 0 Å². The molecule has 0 spiro atoms. The summed E-state index contributed by atoms with van der Waals surface area (Å²) in [6.07, 6.45) is -10.6. The van der Waals surface area contributed by atoms with Crippen molar-refractivity contribution in [1.29, 1.82) is 5.26 Å². The van der Waals surface area contributed by atoms with Gasteiger partial charge < -0.3 is 9.47 Å². The molecule has 0 unspecified atom stereocenters. The first-order valence-electron chi connectivity index (χ1n) is 4.86. The Kier molecular flexibility index (Phi) is 4.32. The van der Waals surface area contributed by atoms with Crippen LogP contribution in [0.25, 0.3) is 0 Å². The highest BCUT2D eigenvalue weighted by Gasteiger charge is 2.44. The normalized spacial score (nSPS) is 11.9.